The van der Waals surface area contributed by atoms with Gasteiger partial charge in [0.1, 0.15) is 11.4 Å². The molecule has 1 aromatic heterocycles. The Morgan fingerprint density at radius 2 is 2.00 bits per heavy atom. The van der Waals surface area contributed by atoms with Crippen LogP contribution in [0, 0.1) is 5.82 Å². The second kappa shape index (κ2) is 6.31. The summed E-state index contributed by atoms with van der Waals surface area (Å²) in [4.78, 5) is 15.9. The molecule has 3 N–H and O–H groups in total. The minimum Gasteiger partial charge on any atom is -0.368 e. The average Bonchev–Trinajstić information content (AvgIpc) is 2.67. The molecular formula is C15H22FN3O. The fraction of sp³-hybridized carbons (Fsp3) is 0.600. The number of nitrogens with two attached hydrogens (primary N) is 1. The van der Waals surface area contributed by atoms with Gasteiger partial charge in [-0.25, -0.2) is 4.39 Å². The number of rotatable bonds is 4. The zero-order valence-corrected chi connectivity index (χ0v) is 11.9. The van der Waals surface area contributed by atoms with E-state index in [0.29, 0.717) is 5.69 Å². The summed E-state index contributed by atoms with van der Waals surface area (Å²) >= 11 is 0. The molecule has 110 valence electrons. The molecule has 4 nitrogen and oxygen atoms in total. The molecule has 1 heterocycles. The maximum atomic E-state index is 13.0. The lowest BCUT2D eigenvalue weighted by molar-refractivity contribution is -0.124. The van der Waals surface area contributed by atoms with Gasteiger partial charge in [-0.1, -0.05) is 25.7 Å². The van der Waals surface area contributed by atoms with E-state index in [1.54, 1.807) is 6.92 Å². The predicted molar refractivity (Wildman–Crippen MR) is 75.4 cm³/mol. The van der Waals surface area contributed by atoms with Gasteiger partial charge in [-0.05, 0) is 31.9 Å². The van der Waals surface area contributed by atoms with Crippen molar-refractivity contribution in [3.63, 3.8) is 0 Å². The van der Waals surface area contributed by atoms with Crippen molar-refractivity contribution in [3.8, 4) is 0 Å². The highest BCUT2D eigenvalue weighted by molar-refractivity contribution is 5.85. The van der Waals surface area contributed by atoms with Gasteiger partial charge in [0.15, 0.2) is 0 Å². The van der Waals surface area contributed by atoms with Crippen LogP contribution in [-0.4, -0.2) is 16.9 Å². The standard InChI is InChI=1S/C15H22FN3O/c1-15(14(17)20,13-9-8-11(16)10-18-13)19-12-6-4-2-3-5-7-12/h8-10,12,19H,2-7H2,1H3,(H2,17,20). The number of aromatic nitrogens is 1. The van der Waals surface area contributed by atoms with Gasteiger partial charge < -0.3 is 5.73 Å². The molecule has 1 aromatic rings. The van der Waals surface area contributed by atoms with Gasteiger partial charge in [0.2, 0.25) is 5.91 Å². The molecule has 0 aliphatic heterocycles. The largest absolute Gasteiger partial charge is 0.368 e. The van der Waals surface area contributed by atoms with Crippen LogP contribution in [0.5, 0.6) is 0 Å². The molecule has 1 unspecified atom stereocenters. The summed E-state index contributed by atoms with van der Waals surface area (Å²) in [5, 5.41) is 3.35. The lowest BCUT2D eigenvalue weighted by Gasteiger charge is -2.31. The third kappa shape index (κ3) is 3.33. The molecule has 1 aliphatic carbocycles. The SMILES string of the molecule is CC(NC1CCCCCC1)(C(N)=O)c1ccc(F)cn1. The Kier molecular flexibility index (Phi) is 4.70. The monoisotopic (exact) mass is 279 g/mol. The number of halogens is 1. The van der Waals surface area contributed by atoms with Crippen LogP contribution >= 0.6 is 0 Å². The van der Waals surface area contributed by atoms with Crippen molar-refractivity contribution in [1.29, 1.82) is 0 Å². The summed E-state index contributed by atoms with van der Waals surface area (Å²) < 4.78 is 13.0. The van der Waals surface area contributed by atoms with Gasteiger partial charge in [-0.15, -0.1) is 0 Å². The van der Waals surface area contributed by atoms with Gasteiger partial charge in [0, 0.05) is 6.04 Å². The van der Waals surface area contributed by atoms with Crippen molar-refractivity contribution in [1.82, 2.24) is 10.3 Å². The zero-order valence-electron chi connectivity index (χ0n) is 11.9. The summed E-state index contributed by atoms with van der Waals surface area (Å²) in [5.41, 5.74) is 4.98. The maximum Gasteiger partial charge on any atom is 0.243 e. The number of pyridine rings is 1. The lowest BCUT2D eigenvalue weighted by Crippen LogP contribution is -2.54. The Hall–Kier alpha value is -1.49. The van der Waals surface area contributed by atoms with Crippen LogP contribution in [0.3, 0.4) is 0 Å². The number of hydrogen-bond acceptors (Lipinski definition) is 3. The van der Waals surface area contributed by atoms with Crippen LogP contribution in [0.2, 0.25) is 0 Å². The van der Waals surface area contributed by atoms with E-state index in [9.17, 15) is 9.18 Å². The van der Waals surface area contributed by atoms with E-state index in [0.717, 1.165) is 31.9 Å². The van der Waals surface area contributed by atoms with E-state index < -0.39 is 17.3 Å². The van der Waals surface area contributed by atoms with Crippen LogP contribution in [-0.2, 0) is 10.3 Å². The quantitative estimate of drug-likeness (QED) is 0.830. The van der Waals surface area contributed by atoms with Crippen molar-refractivity contribution < 1.29 is 9.18 Å². The minimum atomic E-state index is -1.05. The van der Waals surface area contributed by atoms with Crippen LogP contribution in [0.4, 0.5) is 4.39 Å². The van der Waals surface area contributed by atoms with Crippen LogP contribution < -0.4 is 11.1 Å². The van der Waals surface area contributed by atoms with Crippen molar-refractivity contribution in [2.75, 3.05) is 0 Å². The fourth-order valence-corrected chi connectivity index (χ4v) is 2.77. The smallest absolute Gasteiger partial charge is 0.243 e. The highest BCUT2D eigenvalue weighted by atomic mass is 19.1. The van der Waals surface area contributed by atoms with Gasteiger partial charge in [0.25, 0.3) is 0 Å². The number of carbonyl (C=O) groups is 1. The van der Waals surface area contributed by atoms with Crippen molar-refractivity contribution >= 4 is 5.91 Å². The first-order valence-electron chi connectivity index (χ1n) is 7.22. The van der Waals surface area contributed by atoms with E-state index in [2.05, 4.69) is 10.3 Å². The number of nitrogens with zero attached hydrogens (tertiary/aromatic N) is 1. The first kappa shape index (κ1) is 14.9. The second-order valence-electron chi connectivity index (χ2n) is 5.68. The molecule has 20 heavy (non-hydrogen) atoms. The summed E-state index contributed by atoms with van der Waals surface area (Å²) in [7, 11) is 0. The summed E-state index contributed by atoms with van der Waals surface area (Å²) in [6.45, 7) is 1.72. The van der Waals surface area contributed by atoms with Crippen molar-refractivity contribution in [2.45, 2.75) is 57.0 Å². The third-order valence-corrected chi connectivity index (χ3v) is 4.08. The number of primary amides is 1. The van der Waals surface area contributed by atoms with E-state index in [-0.39, 0.29) is 6.04 Å². The predicted octanol–water partition coefficient (Wildman–Crippen LogP) is 2.23. The van der Waals surface area contributed by atoms with E-state index in [4.69, 9.17) is 5.73 Å². The number of carbonyl (C=O) groups excluding carboxylic acids is 1. The Morgan fingerprint density at radius 3 is 2.50 bits per heavy atom. The average molecular weight is 279 g/mol. The topological polar surface area (TPSA) is 68.0 Å². The molecule has 1 amide bonds. The number of nitrogens with one attached hydrogen (secondary N) is 1. The van der Waals surface area contributed by atoms with E-state index in [1.807, 2.05) is 0 Å². The Labute approximate surface area is 119 Å². The molecule has 0 radical (unpaired) electrons. The molecule has 1 fully saturated rings. The van der Waals surface area contributed by atoms with Gasteiger partial charge in [-0.2, -0.15) is 0 Å². The van der Waals surface area contributed by atoms with Crippen molar-refractivity contribution in [2.24, 2.45) is 5.73 Å². The third-order valence-electron chi connectivity index (χ3n) is 4.08. The van der Waals surface area contributed by atoms with Crippen LogP contribution in [0.15, 0.2) is 18.3 Å². The first-order chi connectivity index (χ1) is 9.52. The molecule has 1 atom stereocenters. The fourth-order valence-electron chi connectivity index (χ4n) is 2.77. The second-order valence-corrected chi connectivity index (χ2v) is 5.68. The van der Waals surface area contributed by atoms with Crippen LogP contribution in [0.1, 0.15) is 51.1 Å². The lowest BCUT2D eigenvalue weighted by atomic mass is 9.93. The first-order valence-corrected chi connectivity index (χ1v) is 7.22. The van der Waals surface area contributed by atoms with Crippen molar-refractivity contribution in [3.05, 3.63) is 29.8 Å². The summed E-state index contributed by atoms with van der Waals surface area (Å²) in [5.74, 6) is -0.907. The Balaban J connectivity index is 2.20. The summed E-state index contributed by atoms with van der Waals surface area (Å²) in [6.07, 6.45) is 7.96. The molecule has 0 spiro atoms. The Bertz CT molecular complexity index is 455. The molecule has 0 saturated heterocycles. The Morgan fingerprint density at radius 1 is 1.35 bits per heavy atom. The van der Waals surface area contributed by atoms with Gasteiger partial charge in [-0.3, -0.25) is 15.1 Å². The van der Waals surface area contributed by atoms with Gasteiger partial charge in [0.05, 0.1) is 11.9 Å². The summed E-state index contributed by atoms with van der Waals surface area (Å²) in [6, 6.07) is 3.07. The molecule has 1 aliphatic rings. The minimum absolute atomic E-state index is 0.252. The normalized spacial score (nSPS) is 20.1. The number of amides is 1. The zero-order chi connectivity index (χ0) is 14.6. The van der Waals surface area contributed by atoms with Gasteiger partial charge >= 0.3 is 0 Å². The van der Waals surface area contributed by atoms with Crippen LogP contribution in [0.25, 0.3) is 0 Å². The highest BCUT2D eigenvalue weighted by Gasteiger charge is 2.36. The van der Waals surface area contributed by atoms with E-state index >= 15 is 0 Å². The molecule has 0 aromatic carbocycles. The molecule has 5 heteroatoms. The maximum absolute atomic E-state index is 13.0. The number of hydrogen-bond donors (Lipinski definition) is 2. The highest BCUT2D eigenvalue weighted by Crippen LogP contribution is 2.24. The molecule has 0 bridgehead atoms. The van der Waals surface area contributed by atoms with E-state index in [1.165, 1.54) is 25.0 Å². The molecule has 2 rings (SSSR count). The molecular weight excluding hydrogens is 257 g/mol. The molecule has 1 saturated carbocycles.